The zero-order valence-electron chi connectivity index (χ0n) is 22.0. The summed E-state index contributed by atoms with van der Waals surface area (Å²) in [5, 5.41) is 8.16. The molecule has 4 heteroatoms. The predicted octanol–water partition coefficient (Wildman–Crippen LogP) is 9.85. The van der Waals surface area contributed by atoms with E-state index in [4.69, 9.17) is 9.15 Å². The Morgan fingerprint density at radius 1 is 0.561 bits per heavy atom. The van der Waals surface area contributed by atoms with Crippen molar-refractivity contribution in [3.63, 3.8) is 0 Å². The summed E-state index contributed by atoms with van der Waals surface area (Å²) in [4.78, 5) is 0. The summed E-state index contributed by atoms with van der Waals surface area (Å²) in [6.45, 7) is 0. The van der Waals surface area contributed by atoms with Crippen LogP contribution in [0.15, 0.2) is 138 Å². The summed E-state index contributed by atoms with van der Waals surface area (Å²) >= 11 is 0. The van der Waals surface area contributed by atoms with Crippen LogP contribution in [0.25, 0.3) is 60.6 Å². The van der Waals surface area contributed by atoms with Gasteiger partial charge < -0.3 is 19.0 Å². The van der Waals surface area contributed by atoms with E-state index in [0.717, 1.165) is 50.2 Å². The van der Waals surface area contributed by atoms with Crippen molar-refractivity contribution in [2.45, 2.75) is 6.23 Å². The van der Waals surface area contributed by atoms with E-state index < -0.39 is 0 Å². The van der Waals surface area contributed by atoms with Crippen LogP contribution < -0.4 is 10.1 Å². The molecule has 1 N–H and O–H groups in total. The summed E-state index contributed by atoms with van der Waals surface area (Å²) in [6, 6.07) is 46.7. The largest absolute Gasteiger partial charge is 0.464 e. The van der Waals surface area contributed by atoms with Gasteiger partial charge >= 0.3 is 0 Å². The molecule has 8 aromatic rings. The molecule has 6 aromatic carbocycles. The predicted molar refractivity (Wildman–Crippen MR) is 167 cm³/mol. The maximum Gasteiger partial charge on any atom is 0.196 e. The molecule has 2 aromatic heterocycles. The Balaban J connectivity index is 1.08. The number of anilines is 1. The second-order valence-electron chi connectivity index (χ2n) is 10.6. The average molecular weight is 529 g/mol. The first-order valence-electron chi connectivity index (χ1n) is 13.9. The summed E-state index contributed by atoms with van der Waals surface area (Å²) in [7, 11) is 0. The Morgan fingerprint density at radius 2 is 1.27 bits per heavy atom. The van der Waals surface area contributed by atoms with Gasteiger partial charge in [0.05, 0.1) is 22.1 Å². The molecule has 0 fully saturated rings. The van der Waals surface area contributed by atoms with Crippen LogP contribution in [0.2, 0.25) is 0 Å². The highest BCUT2D eigenvalue weighted by Gasteiger charge is 2.28. The minimum Gasteiger partial charge on any atom is -0.464 e. The second kappa shape index (κ2) is 8.51. The molecule has 9 rings (SSSR count). The van der Waals surface area contributed by atoms with E-state index in [9.17, 15) is 0 Å². The minimum absolute atomic E-state index is 0.281. The number of aromatic nitrogens is 1. The lowest BCUT2D eigenvalue weighted by atomic mass is 10.0. The van der Waals surface area contributed by atoms with Crippen LogP contribution in [-0.2, 0) is 0 Å². The summed E-state index contributed by atoms with van der Waals surface area (Å²) in [5.41, 5.74) is 9.56. The Bertz CT molecular complexity index is 2210. The van der Waals surface area contributed by atoms with Crippen molar-refractivity contribution in [1.82, 2.24) is 4.57 Å². The van der Waals surface area contributed by atoms with Gasteiger partial charge in [-0.2, -0.15) is 0 Å². The van der Waals surface area contributed by atoms with Gasteiger partial charge in [0.1, 0.15) is 11.2 Å². The lowest BCUT2D eigenvalue weighted by molar-refractivity contribution is 0.263. The molecular formula is C37H24N2O2. The normalized spacial score (nSPS) is 14.5. The molecule has 0 spiro atoms. The number of furan rings is 1. The number of nitrogens with zero attached hydrogens (tertiary/aromatic N) is 1. The van der Waals surface area contributed by atoms with Crippen LogP contribution in [0.3, 0.4) is 0 Å². The highest BCUT2D eigenvalue weighted by Crippen LogP contribution is 2.47. The number of para-hydroxylation sites is 2. The van der Waals surface area contributed by atoms with Crippen molar-refractivity contribution in [3.8, 4) is 22.6 Å². The molecule has 3 heterocycles. The molecule has 0 saturated carbocycles. The van der Waals surface area contributed by atoms with E-state index in [0.29, 0.717) is 0 Å². The van der Waals surface area contributed by atoms with Crippen LogP contribution in [-0.4, -0.2) is 4.57 Å². The third-order valence-corrected chi connectivity index (χ3v) is 8.25. The summed E-state index contributed by atoms with van der Waals surface area (Å²) in [5.74, 6) is 0.838. The van der Waals surface area contributed by atoms with E-state index in [2.05, 4.69) is 125 Å². The quantitative estimate of drug-likeness (QED) is 0.248. The zero-order valence-corrected chi connectivity index (χ0v) is 22.0. The number of benzene rings is 6. The standard InChI is InChI=1S/C37H24N2O2/c1-2-8-23(9-3-1)25-16-19-29-34(22-25)40-33-21-20-30-36(35(29)33)41-37(38-30)24-14-17-26(18-15-24)39-31-12-6-4-10-27(31)28-11-5-7-13-32(28)39/h1-22,37-38H. The summed E-state index contributed by atoms with van der Waals surface area (Å²) in [6.07, 6.45) is -0.281. The van der Waals surface area contributed by atoms with Gasteiger partial charge in [-0.3, -0.25) is 0 Å². The highest BCUT2D eigenvalue weighted by molar-refractivity contribution is 6.12. The first-order valence-corrected chi connectivity index (χ1v) is 13.9. The van der Waals surface area contributed by atoms with E-state index in [1.54, 1.807) is 0 Å². The van der Waals surface area contributed by atoms with Crippen LogP contribution in [0.4, 0.5) is 5.69 Å². The molecule has 0 radical (unpaired) electrons. The maximum atomic E-state index is 6.58. The Morgan fingerprint density at radius 3 is 2.02 bits per heavy atom. The Kier molecular flexibility index (Phi) is 4.64. The number of nitrogens with one attached hydrogen (secondary N) is 1. The van der Waals surface area contributed by atoms with Crippen LogP contribution >= 0.6 is 0 Å². The number of ether oxygens (including phenoxy) is 1. The first-order chi connectivity index (χ1) is 20.3. The second-order valence-corrected chi connectivity index (χ2v) is 10.6. The van der Waals surface area contributed by atoms with Gasteiger partial charge in [-0.25, -0.2) is 0 Å². The van der Waals surface area contributed by atoms with Gasteiger partial charge in [-0.1, -0.05) is 84.9 Å². The van der Waals surface area contributed by atoms with Gasteiger partial charge in [0, 0.05) is 27.4 Å². The Labute approximate surface area is 236 Å². The zero-order chi connectivity index (χ0) is 26.9. The van der Waals surface area contributed by atoms with E-state index in [1.807, 2.05) is 18.2 Å². The topological polar surface area (TPSA) is 39.3 Å². The fraction of sp³-hybridized carbons (Fsp3) is 0.0270. The van der Waals surface area contributed by atoms with E-state index in [-0.39, 0.29) is 6.23 Å². The SMILES string of the molecule is c1ccc(-c2ccc3c(c2)oc2ccc4c(c23)OC(c2ccc(-n3c5ccccc5c5ccccc53)cc2)N4)cc1. The fourth-order valence-corrected chi connectivity index (χ4v) is 6.32. The van der Waals surface area contributed by atoms with Gasteiger partial charge in [0.15, 0.2) is 12.0 Å². The number of fused-ring (bicyclic) bond motifs is 8. The molecule has 194 valence electrons. The van der Waals surface area contributed by atoms with Crippen molar-refractivity contribution in [1.29, 1.82) is 0 Å². The molecule has 4 nitrogen and oxygen atoms in total. The molecule has 0 saturated heterocycles. The van der Waals surface area contributed by atoms with Crippen molar-refractivity contribution < 1.29 is 9.15 Å². The minimum atomic E-state index is -0.281. The number of rotatable bonds is 3. The monoisotopic (exact) mass is 528 g/mol. The van der Waals surface area contributed by atoms with Crippen molar-refractivity contribution in [3.05, 3.63) is 139 Å². The van der Waals surface area contributed by atoms with E-state index >= 15 is 0 Å². The van der Waals surface area contributed by atoms with Gasteiger partial charge in [0.25, 0.3) is 0 Å². The van der Waals surface area contributed by atoms with Crippen molar-refractivity contribution >= 4 is 49.4 Å². The lowest BCUT2D eigenvalue weighted by Gasteiger charge is -2.14. The van der Waals surface area contributed by atoms with E-state index in [1.165, 1.54) is 27.4 Å². The molecule has 1 unspecified atom stereocenters. The Hall–Kier alpha value is -5.48. The van der Waals surface area contributed by atoms with Gasteiger partial charge in [0.2, 0.25) is 0 Å². The van der Waals surface area contributed by atoms with Gasteiger partial charge in [-0.15, -0.1) is 0 Å². The molecule has 0 bridgehead atoms. The smallest absolute Gasteiger partial charge is 0.196 e. The van der Waals surface area contributed by atoms with Crippen molar-refractivity contribution in [2.24, 2.45) is 0 Å². The first kappa shape index (κ1) is 22.3. The number of hydrogen-bond acceptors (Lipinski definition) is 3. The highest BCUT2D eigenvalue weighted by atomic mass is 16.5. The summed E-state index contributed by atoms with van der Waals surface area (Å²) < 4.78 is 15.2. The van der Waals surface area contributed by atoms with Crippen LogP contribution in [0, 0.1) is 0 Å². The third-order valence-electron chi connectivity index (χ3n) is 8.25. The lowest BCUT2D eigenvalue weighted by Crippen LogP contribution is -2.10. The molecule has 0 aliphatic carbocycles. The third kappa shape index (κ3) is 3.34. The molecule has 1 atom stereocenters. The molecule has 0 amide bonds. The van der Waals surface area contributed by atoms with Crippen LogP contribution in [0.1, 0.15) is 11.8 Å². The average Bonchev–Trinajstić information content (AvgIpc) is 3.73. The molecular weight excluding hydrogens is 504 g/mol. The molecule has 1 aliphatic heterocycles. The van der Waals surface area contributed by atoms with Crippen LogP contribution in [0.5, 0.6) is 5.75 Å². The molecule has 41 heavy (non-hydrogen) atoms. The van der Waals surface area contributed by atoms with Crippen molar-refractivity contribution in [2.75, 3.05) is 5.32 Å². The van der Waals surface area contributed by atoms with Gasteiger partial charge in [-0.05, 0) is 59.7 Å². The number of hydrogen-bond donors (Lipinski definition) is 1. The fourth-order valence-electron chi connectivity index (χ4n) is 6.32. The molecule has 1 aliphatic rings. The maximum absolute atomic E-state index is 6.58.